The van der Waals surface area contributed by atoms with Gasteiger partial charge in [0.2, 0.25) is 0 Å². The van der Waals surface area contributed by atoms with Gasteiger partial charge in [0.25, 0.3) is 5.91 Å². The first-order valence-corrected chi connectivity index (χ1v) is 6.39. The van der Waals surface area contributed by atoms with Crippen molar-refractivity contribution < 1.29 is 10.1 Å². The van der Waals surface area contributed by atoms with Gasteiger partial charge in [0.15, 0.2) is 6.04 Å². The van der Waals surface area contributed by atoms with Gasteiger partial charge in [-0.3, -0.25) is 4.79 Å². The molecule has 1 atom stereocenters. The van der Waals surface area contributed by atoms with Crippen LogP contribution in [0.5, 0.6) is 0 Å². The van der Waals surface area contributed by atoms with Gasteiger partial charge in [-0.2, -0.15) is 0 Å². The van der Waals surface area contributed by atoms with E-state index in [1.807, 2.05) is 0 Å². The Labute approximate surface area is 92.2 Å². The first kappa shape index (κ1) is 10.9. The summed E-state index contributed by atoms with van der Waals surface area (Å²) < 4.78 is 0. The molecule has 2 aliphatic heterocycles. The molecule has 0 aromatic carbocycles. The van der Waals surface area contributed by atoms with Crippen LogP contribution in [0.4, 0.5) is 0 Å². The third-order valence-electron chi connectivity index (χ3n) is 3.83. The monoisotopic (exact) mass is 211 g/mol. The molecule has 1 amide bonds. The molecule has 0 aliphatic carbocycles. The van der Waals surface area contributed by atoms with Crippen molar-refractivity contribution >= 4 is 5.91 Å². The van der Waals surface area contributed by atoms with Crippen molar-refractivity contribution in [2.75, 3.05) is 19.6 Å². The van der Waals surface area contributed by atoms with Gasteiger partial charge in [-0.1, -0.05) is 6.92 Å². The lowest BCUT2D eigenvalue weighted by Gasteiger charge is -2.33. The van der Waals surface area contributed by atoms with Crippen LogP contribution in [0.25, 0.3) is 0 Å². The lowest BCUT2D eigenvalue weighted by atomic mass is 9.97. The highest BCUT2D eigenvalue weighted by Crippen LogP contribution is 2.17. The second-order valence-corrected chi connectivity index (χ2v) is 5.13. The fraction of sp³-hybridized carbons (Fsp3) is 0.917. The van der Waals surface area contributed by atoms with E-state index in [1.54, 1.807) is 0 Å². The molecule has 0 bridgehead atoms. The average molecular weight is 211 g/mol. The fourth-order valence-electron chi connectivity index (χ4n) is 2.63. The molecule has 3 heteroatoms. The first-order chi connectivity index (χ1) is 7.27. The molecule has 2 fully saturated rings. The maximum atomic E-state index is 12.2. The number of carbonyl (C=O) groups excluding carboxylic acids is 1. The summed E-state index contributed by atoms with van der Waals surface area (Å²) in [6.07, 6.45) is 5.99. The van der Waals surface area contributed by atoms with Crippen molar-refractivity contribution in [2.45, 2.75) is 45.1 Å². The van der Waals surface area contributed by atoms with E-state index in [0.29, 0.717) is 5.91 Å². The van der Waals surface area contributed by atoms with Crippen LogP contribution in [-0.2, 0) is 4.79 Å². The fourth-order valence-corrected chi connectivity index (χ4v) is 2.63. The Hall–Kier alpha value is -0.570. The van der Waals surface area contributed by atoms with Gasteiger partial charge >= 0.3 is 0 Å². The van der Waals surface area contributed by atoms with Gasteiger partial charge in [0.05, 0.1) is 6.54 Å². The Kier molecular flexibility index (Phi) is 3.62. The van der Waals surface area contributed by atoms with Crippen LogP contribution in [0.3, 0.4) is 0 Å². The standard InChI is InChI=1S/C12H22N2O/c1-10-5-8-14(9-6-10)12(15)11-4-2-3-7-13-11/h10-11,13H,2-9H2,1H3/p+1/t11-/m1/s1. The van der Waals surface area contributed by atoms with Crippen molar-refractivity contribution in [1.29, 1.82) is 0 Å². The predicted octanol–water partition coefficient (Wildman–Crippen LogP) is 0.361. The zero-order valence-electron chi connectivity index (χ0n) is 9.74. The van der Waals surface area contributed by atoms with Crippen molar-refractivity contribution in [3.8, 4) is 0 Å². The van der Waals surface area contributed by atoms with Gasteiger partial charge in [-0.05, 0) is 31.6 Å². The summed E-state index contributed by atoms with van der Waals surface area (Å²) in [7, 11) is 0. The van der Waals surface area contributed by atoms with E-state index in [4.69, 9.17) is 0 Å². The molecule has 2 N–H and O–H groups in total. The summed E-state index contributed by atoms with van der Waals surface area (Å²) in [5.41, 5.74) is 0. The lowest BCUT2D eigenvalue weighted by Crippen LogP contribution is -2.94. The molecule has 0 unspecified atom stereocenters. The summed E-state index contributed by atoms with van der Waals surface area (Å²) in [5.74, 6) is 1.21. The molecule has 2 rings (SSSR count). The zero-order valence-corrected chi connectivity index (χ0v) is 9.74. The largest absolute Gasteiger partial charge is 0.338 e. The first-order valence-electron chi connectivity index (χ1n) is 6.39. The van der Waals surface area contributed by atoms with Crippen molar-refractivity contribution in [1.82, 2.24) is 4.90 Å². The van der Waals surface area contributed by atoms with Gasteiger partial charge in [-0.15, -0.1) is 0 Å². The minimum atomic E-state index is 0.243. The SMILES string of the molecule is CC1CCN(C(=O)[C@H]2CCCC[NH2+]2)CC1. The third-order valence-corrected chi connectivity index (χ3v) is 3.83. The highest BCUT2D eigenvalue weighted by Gasteiger charge is 2.30. The molecular formula is C12H23N2O+. The molecule has 86 valence electrons. The smallest absolute Gasteiger partial charge is 0.280 e. The van der Waals surface area contributed by atoms with E-state index in [1.165, 1.54) is 25.7 Å². The van der Waals surface area contributed by atoms with Crippen LogP contribution in [0, 0.1) is 5.92 Å². The summed E-state index contributed by atoms with van der Waals surface area (Å²) in [6, 6.07) is 0.243. The number of rotatable bonds is 1. The Morgan fingerprint density at radius 1 is 1.20 bits per heavy atom. The number of hydrogen-bond donors (Lipinski definition) is 1. The van der Waals surface area contributed by atoms with E-state index in [-0.39, 0.29) is 6.04 Å². The summed E-state index contributed by atoms with van der Waals surface area (Å²) in [6.45, 7) is 5.41. The van der Waals surface area contributed by atoms with Gasteiger partial charge in [0.1, 0.15) is 0 Å². The molecule has 0 radical (unpaired) electrons. The number of nitrogens with zero attached hydrogens (tertiary/aromatic N) is 1. The number of quaternary nitrogens is 1. The zero-order chi connectivity index (χ0) is 10.7. The molecule has 2 aliphatic rings. The molecule has 0 aromatic heterocycles. The molecule has 3 nitrogen and oxygen atoms in total. The lowest BCUT2D eigenvalue weighted by molar-refractivity contribution is -0.685. The minimum absolute atomic E-state index is 0.243. The van der Waals surface area contributed by atoms with Crippen LogP contribution in [0.2, 0.25) is 0 Å². The quantitative estimate of drug-likeness (QED) is 0.668. The number of hydrogen-bond acceptors (Lipinski definition) is 1. The van der Waals surface area contributed by atoms with Crippen LogP contribution < -0.4 is 5.32 Å². The van der Waals surface area contributed by atoms with E-state index in [9.17, 15) is 4.79 Å². The Morgan fingerprint density at radius 3 is 2.53 bits per heavy atom. The third kappa shape index (κ3) is 2.71. The second-order valence-electron chi connectivity index (χ2n) is 5.13. The van der Waals surface area contributed by atoms with E-state index < -0.39 is 0 Å². The van der Waals surface area contributed by atoms with Gasteiger partial charge < -0.3 is 10.2 Å². The number of nitrogens with two attached hydrogens (primary N) is 1. The average Bonchev–Trinajstić information content (AvgIpc) is 2.30. The van der Waals surface area contributed by atoms with Crippen LogP contribution in [0.1, 0.15) is 39.0 Å². The summed E-state index contributed by atoms with van der Waals surface area (Å²) >= 11 is 0. The molecule has 15 heavy (non-hydrogen) atoms. The molecule has 0 saturated carbocycles. The normalized spacial score (nSPS) is 29.1. The van der Waals surface area contributed by atoms with Crippen LogP contribution >= 0.6 is 0 Å². The minimum Gasteiger partial charge on any atom is -0.338 e. The number of piperidine rings is 2. The van der Waals surface area contributed by atoms with Crippen molar-refractivity contribution in [2.24, 2.45) is 5.92 Å². The number of amides is 1. The van der Waals surface area contributed by atoms with Gasteiger partial charge in [0, 0.05) is 19.5 Å². The van der Waals surface area contributed by atoms with E-state index in [2.05, 4.69) is 17.1 Å². The molecule has 2 saturated heterocycles. The van der Waals surface area contributed by atoms with Crippen molar-refractivity contribution in [3.63, 3.8) is 0 Å². The molecule has 0 spiro atoms. The maximum absolute atomic E-state index is 12.2. The highest BCUT2D eigenvalue weighted by atomic mass is 16.2. The molecule has 2 heterocycles. The van der Waals surface area contributed by atoms with Crippen LogP contribution in [0.15, 0.2) is 0 Å². The maximum Gasteiger partial charge on any atom is 0.280 e. The Bertz CT molecular complexity index is 216. The highest BCUT2D eigenvalue weighted by molar-refractivity contribution is 5.80. The second kappa shape index (κ2) is 4.97. The Balaban J connectivity index is 1.84. The van der Waals surface area contributed by atoms with E-state index >= 15 is 0 Å². The number of carbonyl (C=O) groups is 1. The topological polar surface area (TPSA) is 36.9 Å². The molecule has 0 aromatic rings. The van der Waals surface area contributed by atoms with Crippen LogP contribution in [-0.4, -0.2) is 36.5 Å². The van der Waals surface area contributed by atoms with Gasteiger partial charge in [-0.25, -0.2) is 0 Å². The summed E-state index contributed by atoms with van der Waals surface area (Å²) in [4.78, 5) is 14.2. The predicted molar refractivity (Wildman–Crippen MR) is 59.4 cm³/mol. The Morgan fingerprint density at radius 2 is 1.93 bits per heavy atom. The van der Waals surface area contributed by atoms with E-state index in [0.717, 1.165) is 32.0 Å². The van der Waals surface area contributed by atoms with Crippen molar-refractivity contribution in [3.05, 3.63) is 0 Å². The molecular weight excluding hydrogens is 188 g/mol. The summed E-state index contributed by atoms with van der Waals surface area (Å²) in [5, 5.41) is 2.24. The number of likely N-dealkylation sites (tertiary alicyclic amines) is 1.